The maximum Gasteiger partial charge on any atom is 0.280 e. The molecule has 1 aliphatic heterocycles. The Balaban J connectivity index is 2.30. The lowest BCUT2D eigenvalue weighted by atomic mass is 10.1. The van der Waals surface area contributed by atoms with Crippen LogP contribution in [-0.4, -0.2) is 36.3 Å². The molecule has 1 aromatic rings. The summed E-state index contributed by atoms with van der Waals surface area (Å²) in [6.45, 7) is 1.97. The molecule has 1 saturated heterocycles. The summed E-state index contributed by atoms with van der Waals surface area (Å²) in [5, 5.41) is 2.52. The molecule has 0 aromatic heterocycles. The Morgan fingerprint density at radius 1 is 1.50 bits per heavy atom. The highest BCUT2D eigenvalue weighted by Gasteiger charge is 2.22. The summed E-state index contributed by atoms with van der Waals surface area (Å²) in [7, 11) is 1.69. The predicted molar refractivity (Wildman–Crippen MR) is 68.1 cm³/mol. The summed E-state index contributed by atoms with van der Waals surface area (Å²) in [5.41, 5.74) is 7.42. The molecule has 94 valence electrons. The zero-order valence-electron chi connectivity index (χ0n) is 10.2. The van der Waals surface area contributed by atoms with Crippen molar-refractivity contribution >= 4 is 23.5 Å². The highest BCUT2D eigenvalue weighted by molar-refractivity contribution is 6.11. The average Bonchev–Trinajstić information content (AvgIpc) is 2.61. The Morgan fingerprint density at radius 2 is 2.22 bits per heavy atom. The lowest BCUT2D eigenvalue weighted by Crippen LogP contribution is -2.28. The number of hydrogen-bond acceptors (Lipinski definition) is 3. The van der Waals surface area contributed by atoms with Crippen LogP contribution in [0.4, 0.5) is 5.69 Å². The van der Waals surface area contributed by atoms with E-state index in [1.807, 2.05) is 0 Å². The fourth-order valence-electron chi connectivity index (χ4n) is 1.70. The molecule has 1 fully saturated rings. The van der Waals surface area contributed by atoms with Crippen LogP contribution in [0.2, 0.25) is 0 Å². The SMILES string of the molecule is Cc1c(N)cccc1C(=O)N=C1NC(=O)CN1C. The van der Waals surface area contributed by atoms with Crippen molar-refractivity contribution < 1.29 is 9.59 Å². The predicted octanol–water partition coefficient (Wildman–Crippen LogP) is 0.135. The number of nitrogens with one attached hydrogen (secondary N) is 1. The van der Waals surface area contributed by atoms with E-state index in [1.165, 1.54) is 0 Å². The van der Waals surface area contributed by atoms with Crippen molar-refractivity contribution in [3.05, 3.63) is 29.3 Å². The van der Waals surface area contributed by atoms with E-state index in [1.54, 1.807) is 37.1 Å². The molecular formula is C12H14N4O2. The van der Waals surface area contributed by atoms with Gasteiger partial charge < -0.3 is 10.6 Å². The molecule has 0 unspecified atom stereocenters. The van der Waals surface area contributed by atoms with Gasteiger partial charge in [0.2, 0.25) is 11.9 Å². The topological polar surface area (TPSA) is 87.8 Å². The van der Waals surface area contributed by atoms with E-state index in [0.29, 0.717) is 16.8 Å². The molecule has 6 heteroatoms. The van der Waals surface area contributed by atoms with Crippen LogP contribution in [0, 0.1) is 6.92 Å². The number of carbonyl (C=O) groups excluding carboxylic acids is 2. The molecule has 2 rings (SSSR count). The first kappa shape index (κ1) is 12.1. The van der Waals surface area contributed by atoms with E-state index in [4.69, 9.17) is 5.73 Å². The van der Waals surface area contributed by atoms with Crippen molar-refractivity contribution in [3.63, 3.8) is 0 Å². The molecule has 1 aliphatic rings. The number of nitrogen functional groups attached to an aromatic ring is 1. The third kappa shape index (κ3) is 2.17. The largest absolute Gasteiger partial charge is 0.398 e. The Morgan fingerprint density at radius 3 is 2.83 bits per heavy atom. The molecule has 0 atom stereocenters. The van der Waals surface area contributed by atoms with Crippen LogP contribution >= 0.6 is 0 Å². The normalized spacial score (nSPS) is 17.1. The average molecular weight is 246 g/mol. The molecular weight excluding hydrogens is 232 g/mol. The number of nitrogens with two attached hydrogens (primary N) is 1. The third-order valence-electron chi connectivity index (χ3n) is 2.81. The van der Waals surface area contributed by atoms with E-state index in [9.17, 15) is 9.59 Å². The van der Waals surface area contributed by atoms with Gasteiger partial charge in [-0.25, -0.2) is 0 Å². The van der Waals surface area contributed by atoms with Gasteiger partial charge in [0, 0.05) is 18.3 Å². The lowest BCUT2D eigenvalue weighted by Gasteiger charge is -2.09. The first-order chi connectivity index (χ1) is 8.49. The zero-order valence-corrected chi connectivity index (χ0v) is 10.2. The van der Waals surface area contributed by atoms with Gasteiger partial charge in [0.15, 0.2) is 0 Å². The summed E-state index contributed by atoms with van der Waals surface area (Å²) in [6.07, 6.45) is 0. The van der Waals surface area contributed by atoms with Gasteiger partial charge in [-0.3, -0.25) is 14.9 Å². The number of guanidine groups is 1. The Kier molecular flexibility index (Phi) is 3.01. The van der Waals surface area contributed by atoms with Crippen molar-refractivity contribution in [2.45, 2.75) is 6.92 Å². The minimum Gasteiger partial charge on any atom is -0.398 e. The van der Waals surface area contributed by atoms with Crippen molar-refractivity contribution in [1.29, 1.82) is 0 Å². The van der Waals surface area contributed by atoms with Gasteiger partial charge in [-0.2, -0.15) is 4.99 Å². The number of benzene rings is 1. The molecule has 6 nitrogen and oxygen atoms in total. The Bertz CT molecular complexity index is 551. The van der Waals surface area contributed by atoms with Crippen LogP contribution in [0.3, 0.4) is 0 Å². The Hall–Kier alpha value is -2.37. The molecule has 3 N–H and O–H groups in total. The van der Waals surface area contributed by atoms with Gasteiger partial charge in [0.1, 0.15) is 0 Å². The second kappa shape index (κ2) is 4.48. The summed E-state index contributed by atoms with van der Waals surface area (Å²) in [5.74, 6) is -0.316. The van der Waals surface area contributed by atoms with Crippen LogP contribution in [-0.2, 0) is 4.79 Å². The van der Waals surface area contributed by atoms with E-state index in [0.717, 1.165) is 0 Å². The quantitative estimate of drug-likeness (QED) is 0.690. The summed E-state index contributed by atoms with van der Waals surface area (Å²) < 4.78 is 0. The van der Waals surface area contributed by atoms with Crippen molar-refractivity contribution in [1.82, 2.24) is 10.2 Å². The number of rotatable bonds is 1. The van der Waals surface area contributed by atoms with Crippen molar-refractivity contribution in [2.24, 2.45) is 4.99 Å². The summed E-state index contributed by atoms with van der Waals surface area (Å²) in [4.78, 5) is 28.6. The highest BCUT2D eigenvalue weighted by atomic mass is 16.2. The van der Waals surface area contributed by atoms with Crippen LogP contribution in [0.25, 0.3) is 0 Å². The highest BCUT2D eigenvalue weighted by Crippen LogP contribution is 2.16. The van der Waals surface area contributed by atoms with Crippen LogP contribution in [0.5, 0.6) is 0 Å². The minimum absolute atomic E-state index is 0.173. The molecule has 2 amide bonds. The minimum atomic E-state index is -0.413. The van der Waals surface area contributed by atoms with E-state index >= 15 is 0 Å². The van der Waals surface area contributed by atoms with Gasteiger partial charge in [-0.1, -0.05) is 6.07 Å². The van der Waals surface area contributed by atoms with E-state index in [-0.39, 0.29) is 18.4 Å². The molecule has 1 heterocycles. The Labute approximate surface area is 104 Å². The number of aliphatic imine (C=N–C) groups is 1. The van der Waals surface area contributed by atoms with Crippen LogP contribution in [0.1, 0.15) is 15.9 Å². The molecule has 0 spiro atoms. The molecule has 1 aromatic carbocycles. The standard InChI is InChI=1S/C12H14N4O2/c1-7-8(4-3-5-9(7)13)11(18)15-12-14-10(17)6-16(12)2/h3-5H,6,13H2,1-2H3,(H,14,15,17,18). The molecule has 0 saturated carbocycles. The van der Waals surface area contributed by atoms with E-state index < -0.39 is 5.91 Å². The van der Waals surface area contributed by atoms with Crippen LogP contribution in [0.15, 0.2) is 23.2 Å². The smallest absolute Gasteiger partial charge is 0.280 e. The molecule has 18 heavy (non-hydrogen) atoms. The fraction of sp³-hybridized carbons (Fsp3) is 0.250. The molecule has 0 radical (unpaired) electrons. The number of amides is 2. The zero-order chi connectivity index (χ0) is 13.3. The summed E-state index contributed by atoms with van der Waals surface area (Å²) >= 11 is 0. The monoisotopic (exact) mass is 246 g/mol. The van der Waals surface area contributed by atoms with Gasteiger partial charge in [0.05, 0.1) is 6.54 Å². The van der Waals surface area contributed by atoms with Gasteiger partial charge in [-0.05, 0) is 24.6 Å². The van der Waals surface area contributed by atoms with E-state index in [2.05, 4.69) is 10.3 Å². The first-order valence-electron chi connectivity index (χ1n) is 5.48. The lowest BCUT2D eigenvalue weighted by molar-refractivity contribution is -0.118. The number of anilines is 1. The maximum absolute atomic E-state index is 12.0. The number of likely N-dealkylation sites (N-methyl/N-ethyl adjacent to an activating group) is 1. The number of carbonyl (C=O) groups is 2. The number of hydrogen-bond donors (Lipinski definition) is 2. The third-order valence-corrected chi connectivity index (χ3v) is 2.81. The van der Waals surface area contributed by atoms with Crippen molar-refractivity contribution in [2.75, 3.05) is 19.3 Å². The van der Waals surface area contributed by atoms with Gasteiger partial charge in [-0.15, -0.1) is 0 Å². The fourth-order valence-corrected chi connectivity index (χ4v) is 1.70. The maximum atomic E-state index is 12.0. The molecule has 0 bridgehead atoms. The second-order valence-electron chi connectivity index (χ2n) is 4.16. The second-order valence-corrected chi connectivity index (χ2v) is 4.16. The van der Waals surface area contributed by atoms with Crippen molar-refractivity contribution in [3.8, 4) is 0 Å². The molecule has 0 aliphatic carbocycles. The van der Waals surface area contributed by atoms with Crippen LogP contribution < -0.4 is 11.1 Å². The van der Waals surface area contributed by atoms with Gasteiger partial charge in [0.25, 0.3) is 5.91 Å². The number of nitrogens with zero attached hydrogens (tertiary/aromatic N) is 2. The van der Waals surface area contributed by atoms with Gasteiger partial charge >= 0.3 is 0 Å². The summed E-state index contributed by atoms with van der Waals surface area (Å²) in [6, 6.07) is 5.09. The first-order valence-corrected chi connectivity index (χ1v) is 5.48.